The number of rotatable bonds is 6. The molecule has 14 heteroatoms. The minimum Gasteiger partial charge on any atom is -0.466 e. The summed E-state index contributed by atoms with van der Waals surface area (Å²) in [5.41, 5.74) is 0.742. The number of benzene rings is 2. The summed E-state index contributed by atoms with van der Waals surface area (Å²) in [6.07, 6.45) is -1.54. The molecule has 11 nitrogen and oxygen atoms in total. The molecule has 2 atom stereocenters. The molecule has 3 aliphatic heterocycles. The van der Waals surface area contributed by atoms with Crippen molar-refractivity contribution in [2.24, 2.45) is 0 Å². The Hall–Kier alpha value is -3.97. The number of imide groups is 1. The van der Waals surface area contributed by atoms with Gasteiger partial charge in [0.2, 0.25) is 6.10 Å². The van der Waals surface area contributed by atoms with E-state index in [-0.39, 0.29) is 12.1 Å². The first kappa shape index (κ1) is 28.6. The van der Waals surface area contributed by atoms with Crippen molar-refractivity contribution in [2.75, 3.05) is 38.6 Å². The van der Waals surface area contributed by atoms with E-state index >= 15 is 0 Å². The lowest BCUT2D eigenvalue weighted by Crippen LogP contribution is -2.49. The summed E-state index contributed by atoms with van der Waals surface area (Å²) in [7, 11) is 1.08. The maximum atomic E-state index is 13.9. The standard InChI is InChI=1S/C27H27ClF2N4O7/c1-39-23(35)22-21(15-3-5-18(29)19(30)13-15)34(26(38)40-22)24(36)31-9-2-10-33-11-7-27(8-12-33)17-14-16(28)4-6-20(17)32-25(37)41-27/h3-6,13-14,21-22H,2,7-12H2,1H3,(H,31,36)(H,32,37)/t21-,22-/m0/s1. The molecule has 1 spiro atoms. The number of likely N-dealkylation sites (tertiary alicyclic amines) is 1. The third kappa shape index (κ3) is 5.64. The van der Waals surface area contributed by atoms with Gasteiger partial charge in [0, 0.05) is 43.1 Å². The van der Waals surface area contributed by atoms with Crippen molar-refractivity contribution in [1.29, 1.82) is 0 Å². The number of cyclic esters (lactones) is 1. The summed E-state index contributed by atoms with van der Waals surface area (Å²) in [5, 5.41) is 5.88. The molecular weight excluding hydrogens is 566 g/mol. The summed E-state index contributed by atoms with van der Waals surface area (Å²) < 4.78 is 42.9. The fraction of sp³-hybridized carbons (Fsp3) is 0.407. The number of amides is 4. The molecular formula is C27H27ClF2N4O7. The van der Waals surface area contributed by atoms with Gasteiger partial charge in [-0.2, -0.15) is 0 Å². The van der Waals surface area contributed by atoms with Crippen molar-refractivity contribution in [2.45, 2.75) is 37.0 Å². The molecule has 0 aliphatic carbocycles. The Kier molecular flexibility index (Phi) is 8.00. The van der Waals surface area contributed by atoms with Gasteiger partial charge in [-0.3, -0.25) is 5.32 Å². The van der Waals surface area contributed by atoms with Gasteiger partial charge in [-0.1, -0.05) is 17.7 Å². The zero-order valence-corrected chi connectivity index (χ0v) is 22.7. The van der Waals surface area contributed by atoms with Crippen molar-refractivity contribution in [3.05, 3.63) is 64.2 Å². The quantitative estimate of drug-likeness (QED) is 0.289. The van der Waals surface area contributed by atoms with Crippen LogP contribution in [0.3, 0.4) is 0 Å². The zero-order chi connectivity index (χ0) is 29.3. The number of nitrogens with one attached hydrogen (secondary N) is 2. The van der Waals surface area contributed by atoms with Crippen molar-refractivity contribution in [3.63, 3.8) is 0 Å². The lowest BCUT2D eigenvalue weighted by atomic mass is 9.82. The Morgan fingerprint density at radius 3 is 2.61 bits per heavy atom. The van der Waals surface area contributed by atoms with Crippen LogP contribution in [0.4, 0.5) is 28.9 Å². The zero-order valence-electron chi connectivity index (χ0n) is 22.0. The second-order valence-electron chi connectivity index (χ2n) is 9.94. The molecule has 0 bridgehead atoms. The predicted molar refractivity (Wildman–Crippen MR) is 140 cm³/mol. The van der Waals surface area contributed by atoms with Crippen LogP contribution in [0.15, 0.2) is 36.4 Å². The number of esters is 1. The number of urea groups is 1. The van der Waals surface area contributed by atoms with Crippen LogP contribution in [0, 0.1) is 11.6 Å². The van der Waals surface area contributed by atoms with Crippen LogP contribution < -0.4 is 10.6 Å². The van der Waals surface area contributed by atoms with Gasteiger partial charge in [0.25, 0.3) is 0 Å². The SMILES string of the molecule is COC(=O)[C@H]1OC(=O)N(C(=O)NCCCN2CCC3(CC2)OC(=O)Nc2ccc(Cl)cc23)[C@H]1c1ccc(F)c(F)c1. The van der Waals surface area contributed by atoms with E-state index in [1.807, 2.05) is 6.07 Å². The highest BCUT2D eigenvalue weighted by Crippen LogP contribution is 2.44. The van der Waals surface area contributed by atoms with E-state index in [4.69, 9.17) is 21.1 Å². The van der Waals surface area contributed by atoms with Gasteiger partial charge in [-0.05, 0) is 48.9 Å². The highest BCUT2D eigenvalue weighted by Gasteiger charge is 2.51. The smallest absolute Gasteiger partial charge is 0.419 e. The number of carbonyl (C=O) groups is 4. The maximum Gasteiger partial charge on any atom is 0.419 e. The van der Waals surface area contributed by atoms with Crippen LogP contribution in [0.25, 0.3) is 0 Å². The molecule has 2 aromatic carbocycles. The van der Waals surface area contributed by atoms with Crippen LogP contribution in [0.2, 0.25) is 5.02 Å². The van der Waals surface area contributed by atoms with Gasteiger partial charge in [0.1, 0.15) is 11.6 Å². The third-order valence-corrected chi connectivity index (χ3v) is 7.75. The first-order valence-electron chi connectivity index (χ1n) is 12.9. The molecule has 0 radical (unpaired) electrons. The first-order chi connectivity index (χ1) is 19.6. The topological polar surface area (TPSA) is 127 Å². The van der Waals surface area contributed by atoms with Gasteiger partial charge in [0.05, 0.1) is 12.8 Å². The molecule has 0 unspecified atom stereocenters. The average Bonchev–Trinajstić information content (AvgIpc) is 3.30. The fourth-order valence-electron chi connectivity index (χ4n) is 5.46. The second kappa shape index (κ2) is 11.5. The van der Waals surface area contributed by atoms with Crippen molar-refractivity contribution in [1.82, 2.24) is 15.1 Å². The molecule has 5 rings (SSSR count). The van der Waals surface area contributed by atoms with Gasteiger partial charge >= 0.3 is 24.2 Å². The van der Waals surface area contributed by atoms with Gasteiger partial charge < -0.3 is 24.4 Å². The molecule has 3 aliphatic rings. The normalized spacial score (nSPS) is 21.5. The molecule has 2 saturated heterocycles. The Morgan fingerprint density at radius 2 is 1.90 bits per heavy atom. The summed E-state index contributed by atoms with van der Waals surface area (Å²) >= 11 is 6.20. The minimum atomic E-state index is -1.55. The maximum absolute atomic E-state index is 13.9. The van der Waals surface area contributed by atoms with E-state index < -0.39 is 53.6 Å². The number of ether oxygens (including phenoxy) is 3. The van der Waals surface area contributed by atoms with Gasteiger partial charge in [-0.15, -0.1) is 0 Å². The van der Waals surface area contributed by atoms with E-state index in [1.165, 1.54) is 0 Å². The first-order valence-corrected chi connectivity index (χ1v) is 13.3. The van der Waals surface area contributed by atoms with Gasteiger partial charge in [0.15, 0.2) is 11.6 Å². The van der Waals surface area contributed by atoms with E-state index in [0.29, 0.717) is 54.5 Å². The monoisotopic (exact) mass is 592 g/mol. The molecule has 2 N–H and O–H groups in total. The van der Waals surface area contributed by atoms with E-state index in [9.17, 15) is 28.0 Å². The summed E-state index contributed by atoms with van der Waals surface area (Å²) in [4.78, 5) is 52.8. The number of carbonyl (C=O) groups excluding carboxylic acids is 4. The molecule has 41 heavy (non-hydrogen) atoms. The van der Waals surface area contributed by atoms with Gasteiger partial charge in [-0.25, -0.2) is 32.9 Å². The Balaban J connectivity index is 1.17. The molecule has 2 fully saturated rings. The number of hydrogen-bond acceptors (Lipinski definition) is 8. The highest BCUT2D eigenvalue weighted by atomic mass is 35.5. The van der Waals surface area contributed by atoms with Crippen LogP contribution in [0.1, 0.15) is 36.4 Å². The van der Waals surface area contributed by atoms with E-state index in [2.05, 4.69) is 20.3 Å². The van der Waals surface area contributed by atoms with Crippen molar-refractivity contribution >= 4 is 41.5 Å². The largest absolute Gasteiger partial charge is 0.466 e. The summed E-state index contributed by atoms with van der Waals surface area (Å²) in [6.45, 7) is 2.04. The molecule has 4 amide bonds. The number of piperidine rings is 1. The predicted octanol–water partition coefficient (Wildman–Crippen LogP) is 4.31. The van der Waals surface area contributed by atoms with Crippen molar-refractivity contribution in [3.8, 4) is 0 Å². The number of nitrogens with zero attached hydrogens (tertiary/aromatic N) is 2. The van der Waals surface area contributed by atoms with E-state index in [1.54, 1.807) is 12.1 Å². The average molecular weight is 593 g/mol. The fourth-order valence-corrected chi connectivity index (χ4v) is 5.64. The number of halogens is 3. The van der Waals surface area contributed by atoms with E-state index in [0.717, 1.165) is 30.9 Å². The number of anilines is 1. The molecule has 2 aromatic rings. The van der Waals surface area contributed by atoms with Crippen LogP contribution in [-0.4, -0.2) is 73.4 Å². The Labute approximate surface area is 238 Å². The van der Waals surface area contributed by atoms with Crippen molar-refractivity contribution < 1.29 is 42.2 Å². The number of methoxy groups -OCH3 is 1. The summed E-state index contributed by atoms with van der Waals surface area (Å²) in [5.74, 6) is -3.28. The Bertz CT molecular complexity index is 1390. The second-order valence-corrected chi connectivity index (χ2v) is 10.4. The summed E-state index contributed by atoms with van der Waals surface area (Å²) in [6, 6.07) is 5.86. The minimum absolute atomic E-state index is 0.0102. The Morgan fingerprint density at radius 1 is 1.15 bits per heavy atom. The molecule has 3 heterocycles. The number of fused-ring (bicyclic) bond motifs is 2. The van der Waals surface area contributed by atoms with Crippen LogP contribution in [0.5, 0.6) is 0 Å². The third-order valence-electron chi connectivity index (χ3n) is 7.52. The number of hydrogen-bond donors (Lipinski definition) is 2. The lowest BCUT2D eigenvalue weighted by Gasteiger charge is -2.44. The highest BCUT2D eigenvalue weighted by molar-refractivity contribution is 6.30. The molecule has 0 saturated carbocycles. The lowest BCUT2D eigenvalue weighted by molar-refractivity contribution is -0.150. The molecule has 0 aromatic heterocycles. The van der Waals surface area contributed by atoms with Crippen LogP contribution in [-0.2, 0) is 24.6 Å². The molecule has 218 valence electrons. The van der Waals surface area contributed by atoms with Crippen LogP contribution >= 0.6 is 11.6 Å².